The number of aliphatic imine (C=N–C) groups is 1. The van der Waals surface area contributed by atoms with Gasteiger partial charge >= 0.3 is 5.97 Å². The highest BCUT2D eigenvalue weighted by Crippen LogP contribution is 1.98. The number of unbranched alkanes of at least 4 members (excludes halogenated alkanes) is 2. The van der Waals surface area contributed by atoms with E-state index in [1.165, 1.54) is 0 Å². The molecule has 19 heavy (non-hydrogen) atoms. The van der Waals surface area contributed by atoms with Crippen LogP contribution in [0.3, 0.4) is 0 Å². The van der Waals surface area contributed by atoms with Crippen molar-refractivity contribution in [2.24, 2.45) is 22.2 Å². The van der Waals surface area contributed by atoms with Crippen molar-refractivity contribution in [3.05, 3.63) is 0 Å². The van der Waals surface area contributed by atoms with E-state index in [1.807, 2.05) is 0 Å². The lowest BCUT2D eigenvalue weighted by Gasteiger charge is -2.14. The van der Waals surface area contributed by atoms with Gasteiger partial charge in [-0.2, -0.15) is 0 Å². The van der Waals surface area contributed by atoms with Crippen molar-refractivity contribution in [1.29, 1.82) is 0 Å². The highest BCUT2D eigenvalue weighted by atomic mass is 16.4. The zero-order valence-electron chi connectivity index (χ0n) is 11.3. The lowest BCUT2D eigenvalue weighted by Crippen LogP contribution is -2.45. The molecule has 0 fully saturated rings. The van der Waals surface area contributed by atoms with Crippen LogP contribution in [0.5, 0.6) is 0 Å². The molecule has 9 N–H and O–H groups in total. The molecule has 0 aromatic carbocycles. The van der Waals surface area contributed by atoms with Crippen LogP contribution in [0.25, 0.3) is 0 Å². The first kappa shape index (κ1) is 17.6. The number of hydrazine groups is 1. The van der Waals surface area contributed by atoms with E-state index in [4.69, 9.17) is 22.3 Å². The number of guanidine groups is 1. The Morgan fingerprint density at radius 3 is 2.53 bits per heavy atom. The number of hydrogen-bond donors (Lipinski definition) is 6. The van der Waals surface area contributed by atoms with Crippen LogP contribution in [-0.2, 0) is 4.79 Å². The molecule has 0 heterocycles. The van der Waals surface area contributed by atoms with Crippen molar-refractivity contribution in [3.63, 3.8) is 0 Å². The third-order valence-electron chi connectivity index (χ3n) is 2.53. The normalized spacial score (nSPS) is 12.1. The summed E-state index contributed by atoms with van der Waals surface area (Å²) >= 11 is 0. The Balaban J connectivity index is 3.69. The fourth-order valence-electron chi connectivity index (χ4n) is 1.49. The molecular formula is C11H26N6O2. The smallest absolute Gasteiger partial charge is 0.322 e. The van der Waals surface area contributed by atoms with E-state index in [0.717, 1.165) is 25.8 Å². The van der Waals surface area contributed by atoms with E-state index in [9.17, 15) is 4.79 Å². The van der Waals surface area contributed by atoms with Crippen LogP contribution in [-0.4, -0.2) is 42.7 Å². The first-order chi connectivity index (χ1) is 9.07. The van der Waals surface area contributed by atoms with Gasteiger partial charge in [0.25, 0.3) is 0 Å². The minimum Gasteiger partial charge on any atom is -0.480 e. The zero-order valence-corrected chi connectivity index (χ0v) is 11.3. The summed E-state index contributed by atoms with van der Waals surface area (Å²) < 4.78 is 0. The second-order valence-corrected chi connectivity index (χ2v) is 4.26. The lowest BCUT2D eigenvalue weighted by atomic mass is 10.1. The zero-order chi connectivity index (χ0) is 14.5. The number of nitrogens with two attached hydrogens (primary N) is 3. The van der Waals surface area contributed by atoms with Gasteiger partial charge in [0.1, 0.15) is 6.04 Å². The second-order valence-electron chi connectivity index (χ2n) is 4.26. The Labute approximate surface area is 113 Å². The predicted octanol–water partition coefficient (Wildman–Crippen LogP) is -1.28. The van der Waals surface area contributed by atoms with E-state index in [0.29, 0.717) is 25.9 Å². The van der Waals surface area contributed by atoms with Gasteiger partial charge in [0.15, 0.2) is 5.96 Å². The first-order valence-electron chi connectivity index (χ1n) is 6.54. The highest BCUT2D eigenvalue weighted by molar-refractivity contribution is 5.75. The van der Waals surface area contributed by atoms with Crippen LogP contribution in [0.15, 0.2) is 4.99 Å². The minimum absolute atomic E-state index is 0.0258. The van der Waals surface area contributed by atoms with Gasteiger partial charge in [-0.3, -0.25) is 15.2 Å². The quantitative estimate of drug-likeness (QED) is 0.112. The largest absolute Gasteiger partial charge is 0.480 e. The molecule has 112 valence electrons. The van der Waals surface area contributed by atoms with E-state index in [1.54, 1.807) is 0 Å². The van der Waals surface area contributed by atoms with E-state index in [2.05, 4.69) is 15.8 Å². The summed E-state index contributed by atoms with van der Waals surface area (Å²) in [5.74, 6) is -0.864. The van der Waals surface area contributed by atoms with E-state index < -0.39 is 12.0 Å². The predicted molar refractivity (Wildman–Crippen MR) is 75.4 cm³/mol. The third-order valence-corrected chi connectivity index (χ3v) is 2.53. The van der Waals surface area contributed by atoms with Crippen LogP contribution in [0.2, 0.25) is 0 Å². The number of rotatable bonds is 12. The molecule has 0 unspecified atom stereocenters. The topological polar surface area (TPSA) is 152 Å². The number of carboxylic acids is 1. The summed E-state index contributed by atoms with van der Waals surface area (Å²) in [6.45, 7) is 1.85. The molecule has 8 nitrogen and oxygen atoms in total. The summed E-state index contributed by atoms with van der Waals surface area (Å²) in [6.07, 6.45) is 4.05. The molecule has 0 aliphatic rings. The molecule has 0 rings (SSSR count). The number of carbonyl (C=O) groups is 1. The number of hydrogen-bond acceptors (Lipinski definition) is 5. The molecule has 0 aliphatic heterocycles. The van der Waals surface area contributed by atoms with Gasteiger partial charge in [-0.05, 0) is 32.2 Å². The summed E-state index contributed by atoms with van der Waals surface area (Å²) in [5.41, 5.74) is 21.5. The molecule has 0 aromatic rings. The summed E-state index contributed by atoms with van der Waals surface area (Å²) in [4.78, 5) is 14.8. The van der Waals surface area contributed by atoms with Gasteiger partial charge in [-0.25, -0.2) is 5.43 Å². The number of aliphatic carboxylic acids is 1. The highest BCUT2D eigenvalue weighted by Gasteiger charge is 2.15. The van der Waals surface area contributed by atoms with Gasteiger partial charge < -0.3 is 22.3 Å². The van der Waals surface area contributed by atoms with Crippen molar-refractivity contribution >= 4 is 11.9 Å². The molecule has 0 spiro atoms. The molecule has 0 saturated carbocycles. The van der Waals surface area contributed by atoms with Gasteiger partial charge in [-0.15, -0.1) is 0 Å². The monoisotopic (exact) mass is 274 g/mol. The lowest BCUT2D eigenvalue weighted by molar-refractivity contribution is -0.140. The Morgan fingerprint density at radius 2 is 1.95 bits per heavy atom. The summed E-state index contributed by atoms with van der Waals surface area (Å²) in [7, 11) is 0. The molecule has 1 atom stereocenters. The van der Waals surface area contributed by atoms with Gasteiger partial charge in [0.2, 0.25) is 0 Å². The maximum Gasteiger partial charge on any atom is 0.322 e. The SMILES string of the molecule is NCCCCCNN[C@@H](CCCN=C(N)N)C(=O)O. The average Bonchev–Trinajstić information content (AvgIpc) is 2.35. The maximum absolute atomic E-state index is 11.0. The Hall–Kier alpha value is -1.38. The van der Waals surface area contributed by atoms with Crippen molar-refractivity contribution in [2.75, 3.05) is 19.6 Å². The summed E-state index contributed by atoms with van der Waals surface area (Å²) in [5, 5.41) is 9.02. The van der Waals surface area contributed by atoms with Crippen molar-refractivity contribution in [1.82, 2.24) is 10.9 Å². The van der Waals surface area contributed by atoms with Crippen molar-refractivity contribution in [3.8, 4) is 0 Å². The molecule has 0 aliphatic carbocycles. The maximum atomic E-state index is 11.0. The summed E-state index contributed by atoms with van der Waals surface area (Å²) in [6, 6.07) is -0.635. The van der Waals surface area contributed by atoms with Crippen LogP contribution in [0, 0.1) is 0 Å². The van der Waals surface area contributed by atoms with Crippen LogP contribution < -0.4 is 28.1 Å². The molecule has 0 radical (unpaired) electrons. The van der Waals surface area contributed by atoms with Crippen molar-refractivity contribution < 1.29 is 9.90 Å². The first-order valence-corrected chi connectivity index (χ1v) is 6.54. The van der Waals surface area contributed by atoms with Crippen molar-refractivity contribution in [2.45, 2.75) is 38.1 Å². The Kier molecular flexibility index (Phi) is 10.8. The van der Waals surface area contributed by atoms with E-state index >= 15 is 0 Å². The molecule has 8 heteroatoms. The van der Waals surface area contributed by atoms with Crippen LogP contribution >= 0.6 is 0 Å². The Bertz CT molecular complexity index is 268. The standard InChI is InChI=1S/C11H26N6O2/c12-6-2-1-3-8-16-17-9(10(18)19)5-4-7-15-11(13)14/h9,16-17H,1-8,12H2,(H,18,19)(H4,13,14,15)/t9-/m0/s1. The number of carboxylic acid groups (broad SMARTS) is 1. The second kappa shape index (κ2) is 11.7. The van der Waals surface area contributed by atoms with Gasteiger partial charge in [-0.1, -0.05) is 6.42 Å². The minimum atomic E-state index is -0.890. The van der Waals surface area contributed by atoms with Gasteiger partial charge in [0.05, 0.1) is 0 Å². The van der Waals surface area contributed by atoms with Crippen LogP contribution in [0.1, 0.15) is 32.1 Å². The van der Waals surface area contributed by atoms with E-state index in [-0.39, 0.29) is 5.96 Å². The molecule has 0 saturated heterocycles. The third kappa shape index (κ3) is 11.4. The van der Waals surface area contributed by atoms with Gasteiger partial charge in [0, 0.05) is 13.1 Å². The Morgan fingerprint density at radius 1 is 1.21 bits per heavy atom. The molecule has 0 aromatic heterocycles. The fourth-order valence-corrected chi connectivity index (χ4v) is 1.49. The fraction of sp³-hybridized carbons (Fsp3) is 0.818. The molecule has 0 amide bonds. The number of nitrogens with zero attached hydrogens (tertiary/aromatic N) is 1. The molecular weight excluding hydrogens is 248 g/mol. The van der Waals surface area contributed by atoms with Crippen LogP contribution in [0.4, 0.5) is 0 Å². The average molecular weight is 274 g/mol. The molecule has 0 bridgehead atoms. The number of nitrogens with one attached hydrogen (secondary N) is 2.